The number of H-pyrrole nitrogens is 1. The summed E-state index contributed by atoms with van der Waals surface area (Å²) in [6.07, 6.45) is 0. The molecule has 6 heteroatoms. The molecule has 0 bridgehead atoms. The van der Waals surface area contributed by atoms with Crippen LogP contribution in [0.25, 0.3) is 22.3 Å². The number of halogens is 2. The molecule has 4 nitrogen and oxygen atoms in total. The van der Waals surface area contributed by atoms with Gasteiger partial charge < -0.3 is 5.73 Å². The number of nitrogens with two attached hydrogens (primary N) is 1. The SMILES string of the molecule is Cc1nc(-c2n[nH]c3cc(F)c(F)cc23)ccc1N. The Morgan fingerprint density at radius 1 is 1.16 bits per heavy atom. The number of nitrogens with one attached hydrogen (secondary N) is 1. The number of pyridine rings is 1. The van der Waals surface area contributed by atoms with Gasteiger partial charge in [0.1, 0.15) is 5.69 Å². The molecular weight excluding hydrogens is 250 g/mol. The first-order chi connectivity index (χ1) is 9.06. The molecule has 2 aromatic heterocycles. The molecule has 0 aliphatic heterocycles. The van der Waals surface area contributed by atoms with Gasteiger partial charge in [0.25, 0.3) is 0 Å². The van der Waals surface area contributed by atoms with Crippen LogP contribution < -0.4 is 5.73 Å². The molecule has 19 heavy (non-hydrogen) atoms. The van der Waals surface area contributed by atoms with Crippen molar-refractivity contribution in [1.29, 1.82) is 0 Å². The quantitative estimate of drug-likeness (QED) is 0.707. The molecule has 0 saturated carbocycles. The Morgan fingerprint density at radius 3 is 2.63 bits per heavy atom. The van der Waals surface area contributed by atoms with Crippen LogP contribution in [0.4, 0.5) is 14.5 Å². The van der Waals surface area contributed by atoms with Crippen LogP contribution in [0.5, 0.6) is 0 Å². The molecule has 0 spiro atoms. The van der Waals surface area contributed by atoms with Crippen LogP contribution in [0.2, 0.25) is 0 Å². The minimum absolute atomic E-state index is 0.421. The maximum atomic E-state index is 13.3. The van der Waals surface area contributed by atoms with Crippen LogP contribution in [-0.2, 0) is 0 Å². The number of fused-ring (bicyclic) bond motifs is 1. The lowest BCUT2D eigenvalue weighted by atomic mass is 10.1. The average Bonchev–Trinajstić information content (AvgIpc) is 2.76. The van der Waals surface area contributed by atoms with Crippen molar-refractivity contribution in [3.63, 3.8) is 0 Å². The molecule has 0 radical (unpaired) electrons. The third-order valence-corrected chi connectivity index (χ3v) is 2.97. The van der Waals surface area contributed by atoms with Crippen molar-refractivity contribution < 1.29 is 8.78 Å². The van der Waals surface area contributed by atoms with E-state index in [4.69, 9.17) is 5.73 Å². The minimum Gasteiger partial charge on any atom is -0.397 e. The lowest BCUT2D eigenvalue weighted by molar-refractivity contribution is 0.511. The number of anilines is 1. The normalized spacial score (nSPS) is 11.1. The molecule has 0 unspecified atom stereocenters. The Bertz CT molecular complexity index is 780. The summed E-state index contributed by atoms with van der Waals surface area (Å²) in [5.41, 5.74) is 8.38. The topological polar surface area (TPSA) is 67.6 Å². The number of hydrogen-bond acceptors (Lipinski definition) is 3. The summed E-state index contributed by atoms with van der Waals surface area (Å²) < 4.78 is 26.4. The fourth-order valence-corrected chi connectivity index (χ4v) is 1.91. The van der Waals surface area contributed by atoms with E-state index in [0.717, 1.165) is 12.1 Å². The standard InChI is InChI=1S/C13H10F2N4/c1-6-10(16)2-3-11(17-6)13-7-4-8(14)9(15)5-12(7)18-19-13/h2-5H,16H2,1H3,(H,18,19). The first-order valence-electron chi connectivity index (χ1n) is 5.63. The number of rotatable bonds is 1. The molecule has 0 atom stereocenters. The Kier molecular flexibility index (Phi) is 2.45. The van der Waals surface area contributed by atoms with E-state index < -0.39 is 11.6 Å². The molecule has 2 heterocycles. The minimum atomic E-state index is -0.915. The molecule has 3 N–H and O–H groups in total. The Hall–Kier alpha value is -2.50. The summed E-state index contributed by atoms with van der Waals surface area (Å²) >= 11 is 0. The van der Waals surface area contributed by atoms with Crippen LogP contribution in [0.3, 0.4) is 0 Å². The van der Waals surface area contributed by atoms with Gasteiger partial charge in [-0.1, -0.05) is 0 Å². The smallest absolute Gasteiger partial charge is 0.160 e. The van der Waals surface area contributed by atoms with E-state index in [1.54, 1.807) is 19.1 Å². The van der Waals surface area contributed by atoms with Crippen molar-refractivity contribution in [2.24, 2.45) is 0 Å². The third-order valence-electron chi connectivity index (χ3n) is 2.97. The first kappa shape index (κ1) is 11.6. The van der Waals surface area contributed by atoms with E-state index in [9.17, 15) is 8.78 Å². The van der Waals surface area contributed by atoms with Crippen molar-refractivity contribution in [2.45, 2.75) is 6.92 Å². The maximum Gasteiger partial charge on any atom is 0.160 e. The summed E-state index contributed by atoms with van der Waals surface area (Å²) in [6, 6.07) is 5.58. The lowest BCUT2D eigenvalue weighted by Gasteiger charge is -2.02. The second-order valence-electron chi connectivity index (χ2n) is 4.26. The highest BCUT2D eigenvalue weighted by atomic mass is 19.2. The largest absolute Gasteiger partial charge is 0.397 e. The molecule has 0 aliphatic rings. The van der Waals surface area contributed by atoms with E-state index >= 15 is 0 Å². The molecule has 0 saturated heterocycles. The zero-order valence-corrected chi connectivity index (χ0v) is 10.0. The van der Waals surface area contributed by atoms with E-state index in [-0.39, 0.29) is 0 Å². The van der Waals surface area contributed by atoms with Gasteiger partial charge in [0, 0.05) is 11.5 Å². The molecule has 3 rings (SSSR count). The Labute approximate surface area is 107 Å². The molecule has 1 aromatic carbocycles. The van der Waals surface area contributed by atoms with Gasteiger partial charge in [-0.3, -0.25) is 5.10 Å². The van der Waals surface area contributed by atoms with Crippen LogP contribution in [0, 0.1) is 18.6 Å². The predicted octanol–water partition coefficient (Wildman–Crippen LogP) is 2.79. The summed E-state index contributed by atoms with van der Waals surface area (Å²) in [7, 11) is 0. The Morgan fingerprint density at radius 2 is 1.89 bits per heavy atom. The maximum absolute atomic E-state index is 13.3. The van der Waals surface area contributed by atoms with Gasteiger partial charge >= 0.3 is 0 Å². The Balaban J connectivity index is 2.25. The number of hydrogen-bond donors (Lipinski definition) is 2. The van der Waals surface area contributed by atoms with E-state index in [1.807, 2.05) is 0 Å². The van der Waals surface area contributed by atoms with Crippen LogP contribution in [0.15, 0.2) is 24.3 Å². The second-order valence-corrected chi connectivity index (χ2v) is 4.26. The van der Waals surface area contributed by atoms with Crippen molar-refractivity contribution in [1.82, 2.24) is 15.2 Å². The van der Waals surface area contributed by atoms with Gasteiger partial charge in [0.05, 0.1) is 22.6 Å². The van der Waals surface area contributed by atoms with Crippen LogP contribution >= 0.6 is 0 Å². The monoisotopic (exact) mass is 260 g/mol. The van der Waals surface area contributed by atoms with Gasteiger partial charge in [0.15, 0.2) is 11.6 Å². The lowest BCUT2D eigenvalue weighted by Crippen LogP contribution is -1.94. The molecule has 3 aromatic rings. The number of aromatic nitrogens is 3. The second kappa shape index (κ2) is 4.01. The first-order valence-corrected chi connectivity index (χ1v) is 5.63. The highest BCUT2D eigenvalue weighted by Gasteiger charge is 2.13. The van der Waals surface area contributed by atoms with E-state index in [2.05, 4.69) is 15.2 Å². The highest BCUT2D eigenvalue weighted by molar-refractivity contribution is 5.92. The molecule has 0 amide bonds. The summed E-state index contributed by atoms with van der Waals surface area (Å²) in [6.45, 7) is 1.77. The number of nitrogen functional groups attached to an aromatic ring is 1. The van der Waals surface area contributed by atoms with Crippen molar-refractivity contribution in [3.8, 4) is 11.4 Å². The predicted molar refractivity (Wildman–Crippen MR) is 68.4 cm³/mol. The molecule has 96 valence electrons. The summed E-state index contributed by atoms with van der Waals surface area (Å²) in [5.74, 6) is -1.83. The average molecular weight is 260 g/mol. The van der Waals surface area contributed by atoms with Gasteiger partial charge in [-0.05, 0) is 25.1 Å². The van der Waals surface area contributed by atoms with E-state index in [1.165, 1.54) is 0 Å². The molecular formula is C13H10F2N4. The van der Waals surface area contributed by atoms with Crippen LogP contribution in [-0.4, -0.2) is 15.2 Å². The van der Waals surface area contributed by atoms with Crippen molar-refractivity contribution in [3.05, 3.63) is 41.6 Å². The molecule has 0 aliphatic carbocycles. The van der Waals surface area contributed by atoms with Gasteiger partial charge in [-0.25, -0.2) is 13.8 Å². The summed E-state index contributed by atoms with van der Waals surface area (Å²) in [4.78, 5) is 4.29. The van der Waals surface area contributed by atoms with Gasteiger partial charge in [0.2, 0.25) is 0 Å². The number of nitrogens with zero attached hydrogens (tertiary/aromatic N) is 2. The van der Waals surface area contributed by atoms with E-state index in [0.29, 0.717) is 33.7 Å². The van der Waals surface area contributed by atoms with Gasteiger partial charge in [-0.2, -0.15) is 5.10 Å². The summed E-state index contributed by atoms with van der Waals surface area (Å²) in [5, 5.41) is 7.20. The number of aryl methyl sites for hydroxylation is 1. The molecule has 0 fully saturated rings. The number of aromatic amines is 1. The zero-order valence-electron chi connectivity index (χ0n) is 10.0. The van der Waals surface area contributed by atoms with Crippen LogP contribution in [0.1, 0.15) is 5.69 Å². The van der Waals surface area contributed by atoms with Crippen molar-refractivity contribution in [2.75, 3.05) is 5.73 Å². The zero-order chi connectivity index (χ0) is 13.6. The highest BCUT2D eigenvalue weighted by Crippen LogP contribution is 2.27. The number of benzene rings is 1. The van der Waals surface area contributed by atoms with Gasteiger partial charge in [-0.15, -0.1) is 0 Å². The third kappa shape index (κ3) is 1.81. The fourth-order valence-electron chi connectivity index (χ4n) is 1.91. The fraction of sp³-hybridized carbons (Fsp3) is 0.0769. The van der Waals surface area contributed by atoms with Crippen molar-refractivity contribution >= 4 is 16.6 Å².